The average molecular weight is 269 g/mol. The van der Waals surface area contributed by atoms with Crippen LogP contribution in [-0.4, -0.2) is 6.10 Å². The number of nitrogens with one attached hydrogen (secondary N) is 1. The van der Waals surface area contributed by atoms with Crippen LogP contribution in [0, 0.1) is 13.8 Å². The van der Waals surface area contributed by atoms with Gasteiger partial charge in [0.05, 0.1) is 6.10 Å². The third-order valence-electron chi connectivity index (χ3n) is 3.21. The van der Waals surface area contributed by atoms with Crippen molar-refractivity contribution in [3.63, 3.8) is 0 Å². The minimum Gasteiger partial charge on any atom is -0.491 e. The van der Waals surface area contributed by atoms with Crippen molar-refractivity contribution in [3.8, 4) is 5.75 Å². The van der Waals surface area contributed by atoms with Gasteiger partial charge in [0, 0.05) is 12.2 Å². The highest BCUT2D eigenvalue weighted by Crippen LogP contribution is 2.18. The quantitative estimate of drug-likeness (QED) is 0.849. The van der Waals surface area contributed by atoms with Gasteiger partial charge in [-0.15, -0.1) is 0 Å². The summed E-state index contributed by atoms with van der Waals surface area (Å²) in [5.74, 6) is 0.914. The molecular formula is C18H23NO. The number of rotatable bonds is 5. The molecule has 0 radical (unpaired) electrons. The molecule has 2 nitrogen and oxygen atoms in total. The number of ether oxygens (including phenoxy) is 1. The van der Waals surface area contributed by atoms with Gasteiger partial charge >= 0.3 is 0 Å². The summed E-state index contributed by atoms with van der Waals surface area (Å²) in [5.41, 5.74) is 5.07. The van der Waals surface area contributed by atoms with Crippen LogP contribution in [0.4, 0.5) is 5.69 Å². The summed E-state index contributed by atoms with van der Waals surface area (Å²) in [6, 6.07) is 14.7. The Morgan fingerprint density at radius 3 is 2.35 bits per heavy atom. The van der Waals surface area contributed by atoms with Crippen molar-refractivity contribution in [1.29, 1.82) is 0 Å². The monoisotopic (exact) mass is 269 g/mol. The van der Waals surface area contributed by atoms with Crippen LogP contribution in [0.15, 0.2) is 42.5 Å². The van der Waals surface area contributed by atoms with Crippen LogP contribution in [0.5, 0.6) is 5.75 Å². The van der Waals surface area contributed by atoms with Crippen molar-refractivity contribution in [3.05, 3.63) is 59.2 Å². The van der Waals surface area contributed by atoms with E-state index in [-0.39, 0.29) is 6.10 Å². The van der Waals surface area contributed by atoms with Gasteiger partial charge in [-0.3, -0.25) is 0 Å². The Labute approximate surface area is 121 Å². The summed E-state index contributed by atoms with van der Waals surface area (Å²) in [6.07, 6.45) is 0.212. The van der Waals surface area contributed by atoms with E-state index in [0.29, 0.717) is 0 Å². The first-order valence-corrected chi connectivity index (χ1v) is 7.11. The molecule has 0 amide bonds. The lowest BCUT2D eigenvalue weighted by atomic mass is 10.1. The van der Waals surface area contributed by atoms with Crippen molar-refractivity contribution < 1.29 is 4.74 Å². The lowest BCUT2D eigenvalue weighted by Gasteiger charge is -2.12. The van der Waals surface area contributed by atoms with Gasteiger partial charge < -0.3 is 10.1 Å². The molecule has 2 aromatic rings. The molecule has 0 atom stereocenters. The van der Waals surface area contributed by atoms with Gasteiger partial charge in [-0.1, -0.05) is 23.8 Å². The minimum atomic E-state index is 0.212. The van der Waals surface area contributed by atoms with Gasteiger partial charge in [0.15, 0.2) is 0 Å². The standard InChI is InChI=1S/C18H23NO/c1-13(2)20-18-9-7-17(8-10-18)19-12-16-11-14(3)5-6-15(16)4/h5-11,13,19H,12H2,1-4H3. The summed E-state index contributed by atoms with van der Waals surface area (Å²) >= 11 is 0. The van der Waals surface area contributed by atoms with Crippen LogP contribution in [0.1, 0.15) is 30.5 Å². The van der Waals surface area contributed by atoms with E-state index in [9.17, 15) is 0 Å². The number of hydrogen-bond donors (Lipinski definition) is 1. The Morgan fingerprint density at radius 2 is 1.70 bits per heavy atom. The largest absolute Gasteiger partial charge is 0.491 e. The number of hydrogen-bond acceptors (Lipinski definition) is 2. The van der Waals surface area contributed by atoms with E-state index in [1.165, 1.54) is 16.7 Å². The maximum Gasteiger partial charge on any atom is 0.119 e. The zero-order chi connectivity index (χ0) is 14.5. The van der Waals surface area contributed by atoms with Crippen molar-refractivity contribution >= 4 is 5.69 Å². The van der Waals surface area contributed by atoms with Gasteiger partial charge in [0.25, 0.3) is 0 Å². The van der Waals surface area contributed by atoms with Crippen LogP contribution < -0.4 is 10.1 Å². The topological polar surface area (TPSA) is 21.3 Å². The minimum absolute atomic E-state index is 0.212. The SMILES string of the molecule is Cc1ccc(C)c(CNc2ccc(OC(C)C)cc2)c1. The van der Waals surface area contributed by atoms with Crippen molar-refractivity contribution in [1.82, 2.24) is 0 Å². The van der Waals surface area contributed by atoms with Crippen LogP contribution in [-0.2, 0) is 6.54 Å². The maximum atomic E-state index is 5.64. The van der Waals surface area contributed by atoms with Gasteiger partial charge in [-0.05, 0) is 63.1 Å². The molecule has 0 unspecified atom stereocenters. The fraction of sp³-hybridized carbons (Fsp3) is 0.333. The molecule has 2 heteroatoms. The van der Waals surface area contributed by atoms with E-state index in [1.54, 1.807) is 0 Å². The lowest BCUT2D eigenvalue weighted by molar-refractivity contribution is 0.242. The molecule has 0 aliphatic carbocycles. The Kier molecular flexibility index (Phi) is 4.67. The molecule has 2 rings (SSSR count). The molecule has 0 aliphatic heterocycles. The summed E-state index contributed by atoms with van der Waals surface area (Å²) in [7, 11) is 0. The first kappa shape index (κ1) is 14.4. The lowest BCUT2D eigenvalue weighted by Crippen LogP contribution is -2.05. The number of benzene rings is 2. The van der Waals surface area contributed by atoms with E-state index in [1.807, 2.05) is 26.0 Å². The summed E-state index contributed by atoms with van der Waals surface area (Å²) in [4.78, 5) is 0. The molecule has 0 spiro atoms. The van der Waals surface area contributed by atoms with Crippen LogP contribution in [0.25, 0.3) is 0 Å². The van der Waals surface area contributed by atoms with Crippen LogP contribution >= 0.6 is 0 Å². The number of anilines is 1. The third-order valence-corrected chi connectivity index (χ3v) is 3.21. The van der Waals surface area contributed by atoms with Gasteiger partial charge in [-0.2, -0.15) is 0 Å². The predicted octanol–water partition coefficient (Wildman–Crippen LogP) is 4.70. The average Bonchev–Trinajstić information content (AvgIpc) is 2.41. The van der Waals surface area contributed by atoms with Crippen molar-refractivity contribution in [2.45, 2.75) is 40.3 Å². The molecule has 0 bridgehead atoms. The fourth-order valence-electron chi connectivity index (χ4n) is 2.11. The molecule has 1 N–H and O–H groups in total. The Bertz CT molecular complexity index is 558. The van der Waals surface area contributed by atoms with Crippen molar-refractivity contribution in [2.75, 3.05) is 5.32 Å². The maximum absolute atomic E-state index is 5.64. The molecule has 0 saturated heterocycles. The molecule has 0 saturated carbocycles. The van der Waals surface area contributed by atoms with E-state index in [0.717, 1.165) is 18.0 Å². The van der Waals surface area contributed by atoms with Gasteiger partial charge in [0.1, 0.15) is 5.75 Å². The Balaban J connectivity index is 1.98. The molecular weight excluding hydrogens is 246 g/mol. The second-order valence-corrected chi connectivity index (χ2v) is 5.47. The molecule has 2 aromatic carbocycles. The fourth-order valence-corrected chi connectivity index (χ4v) is 2.11. The highest BCUT2D eigenvalue weighted by atomic mass is 16.5. The van der Waals surface area contributed by atoms with Crippen LogP contribution in [0.2, 0.25) is 0 Å². The molecule has 0 aliphatic rings. The second-order valence-electron chi connectivity index (χ2n) is 5.47. The summed E-state index contributed by atoms with van der Waals surface area (Å²) < 4.78 is 5.64. The molecule has 20 heavy (non-hydrogen) atoms. The molecule has 0 aromatic heterocycles. The molecule has 0 heterocycles. The normalized spacial score (nSPS) is 10.7. The highest BCUT2D eigenvalue weighted by Gasteiger charge is 2.00. The van der Waals surface area contributed by atoms with Crippen molar-refractivity contribution in [2.24, 2.45) is 0 Å². The molecule has 0 fully saturated rings. The van der Waals surface area contributed by atoms with E-state index >= 15 is 0 Å². The number of aryl methyl sites for hydroxylation is 2. The smallest absolute Gasteiger partial charge is 0.119 e. The predicted molar refractivity (Wildman–Crippen MR) is 85.4 cm³/mol. The van der Waals surface area contributed by atoms with Gasteiger partial charge in [-0.25, -0.2) is 0 Å². The summed E-state index contributed by atoms with van der Waals surface area (Å²) in [5, 5.41) is 3.45. The zero-order valence-electron chi connectivity index (χ0n) is 12.7. The Morgan fingerprint density at radius 1 is 1.00 bits per heavy atom. The van der Waals surface area contributed by atoms with Gasteiger partial charge in [0.2, 0.25) is 0 Å². The van der Waals surface area contributed by atoms with E-state index in [2.05, 4.69) is 49.5 Å². The zero-order valence-corrected chi connectivity index (χ0v) is 12.7. The third kappa shape index (κ3) is 4.02. The summed E-state index contributed by atoms with van der Waals surface area (Å²) in [6.45, 7) is 9.19. The van der Waals surface area contributed by atoms with E-state index in [4.69, 9.17) is 4.74 Å². The Hall–Kier alpha value is -1.96. The second kappa shape index (κ2) is 6.47. The van der Waals surface area contributed by atoms with E-state index < -0.39 is 0 Å². The first-order valence-electron chi connectivity index (χ1n) is 7.11. The molecule has 106 valence electrons. The van der Waals surface area contributed by atoms with Crippen LogP contribution in [0.3, 0.4) is 0 Å². The highest BCUT2D eigenvalue weighted by molar-refractivity contribution is 5.47. The first-order chi connectivity index (χ1) is 9.54.